The second kappa shape index (κ2) is 11.7. The summed E-state index contributed by atoms with van der Waals surface area (Å²) >= 11 is 12.3. The van der Waals surface area contributed by atoms with E-state index in [1.165, 1.54) is 31.2 Å². The number of halogens is 5. The first kappa shape index (κ1) is 28.7. The van der Waals surface area contributed by atoms with E-state index in [-0.39, 0.29) is 50.5 Å². The van der Waals surface area contributed by atoms with Gasteiger partial charge in [-0.15, -0.1) is 0 Å². The fourth-order valence-electron chi connectivity index (χ4n) is 4.21. The Morgan fingerprint density at radius 1 is 1.14 bits per heavy atom. The number of likely N-dealkylation sites (tertiary alicyclic amines) is 1. The van der Waals surface area contributed by atoms with Gasteiger partial charge in [-0.05, 0) is 74.4 Å². The maximum absolute atomic E-state index is 14.0. The van der Waals surface area contributed by atoms with Gasteiger partial charge >= 0.3 is 6.18 Å². The Morgan fingerprint density at radius 2 is 1.81 bits per heavy atom. The van der Waals surface area contributed by atoms with E-state index < -0.39 is 27.5 Å². The van der Waals surface area contributed by atoms with Gasteiger partial charge in [0.15, 0.2) is 9.84 Å². The van der Waals surface area contributed by atoms with Crippen molar-refractivity contribution in [2.45, 2.75) is 50.0 Å². The minimum absolute atomic E-state index is 0.00102. The molecule has 2 N–H and O–H groups in total. The number of piperidine rings is 1. The van der Waals surface area contributed by atoms with Crippen LogP contribution in [0.4, 0.5) is 13.2 Å². The standard InChI is InChI=1S/C24H28Cl2F3N3O3S/c1-3-36(34,35)22-5-4-17(25)10-16(22)13-31-23(33)15-11-20(24(27,28)29)19(21(26)12-15)14-32-8-6-18(30-2)7-9-32/h4-5,10-12,18,30H,3,6-9,13-14H2,1-2H3,(H,31,33). The second-order valence-electron chi connectivity index (χ2n) is 8.66. The molecule has 1 aliphatic heterocycles. The highest BCUT2D eigenvalue weighted by Crippen LogP contribution is 2.37. The largest absolute Gasteiger partial charge is 0.416 e. The predicted octanol–water partition coefficient (Wildman–Crippen LogP) is 4.92. The van der Waals surface area contributed by atoms with Crippen LogP contribution in [0.15, 0.2) is 35.2 Å². The Morgan fingerprint density at radius 3 is 2.39 bits per heavy atom. The Kier molecular flexibility index (Phi) is 9.32. The summed E-state index contributed by atoms with van der Waals surface area (Å²) < 4.78 is 66.6. The first-order valence-electron chi connectivity index (χ1n) is 11.4. The summed E-state index contributed by atoms with van der Waals surface area (Å²) in [5, 5.41) is 5.78. The van der Waals surface area contributed by atoms with Crippen molar-refractivity contribution in [1.29, 1.82) is 0 Å². The molecular formula is C24H28Cl2F3N3O3S. The third-order valence-electron chi connectivity index (χ3n) is 6.32. The van der Waals surface area contributed by atoms with Gasteiger partial charge in [-0.2, -0.15) is 13.2 Å². The van der Waals surface area contributed by atoms with Crippen LogP contribution in [-0.4, -0.2) is 51.2 Å². The van der Waals surface area contributed by atoms with Gasteiger partial charge < -0.3 is 10.6 Å². The van der Waals surface area contributed by atoms with E-state index in [4.69, 9.17) is 23.2 Å². The lowest BCUT2D eigenvalue weighted by Crippen LogP contribution is -2.41. The zero-order valence-corrected chi connectivity index (χ0v) is 22.2. The monoisotopic (exact) mass is 565 g/mol. The number of carbonyl (C=O) groups excluding carboxylic acids is 1. The Hall–Kier alpha value is -1.85. The highest BCUT2D eigenvalue weighted by molar-refractivity contribution is 7.91. The molecule has 198 valence electrons. The fraction of sp³-hybridized carbons (Fsp3) is 0.458. The average molecular weight is 566 g/mol. The number of benzene rings is 2. The second-order valence-corrected chi connectivity index (χ2v) is 11.7. The fourth-order valence-corrected chi connectivity index (χ4v) is 5.80. The summed E-state index contributed by atoms with van der Waals surface area (Å²) in [4.78, 5) is 14.7. The number of amides is 1. The summed E-state index contributed by atoms with van der Waals surface area (Å²) in [7, 11) is -1.74. The van der Waals surface area contributed by atoms with Crippen molar-refractivity contribution >= 4 is 38.9 Å². The zero-order valence-electron chi connectivity index (χ0n) is 19.9. The van der Waals surface area contributed by atoms with Gasteiger partial charge in [0.25, 0.3) is 5.91 Å². The Labute approximate surface area is 219 Å². The third-order valence-corrected chi connectivity index (χ3v) is 8.72. The molecule has 3 rings (SSSR count). The van der Waals surface area contributed by atoms with Gasteiger partial charge in [0.1, 0.15) is 0 Å². The maximum atomic E-state index is 14.0. The summed E-state index contributed by atoms with van der Waals surface area (Å²) in [5.74, 6) is -0.975. The number of hydrogen-bond donors (Lipinski definition) is 2. The van der Waals surface area contributed by atoms with E-state index in [9.17, 15) is 26.4 Å². The van der Waals surface area contributed by atoms with Crippen molar-refractivity contribution in [2.24, 2.45) is 0 Å². The molecule has 36 heavy (non-hydrogen) atoms. The molecule has 12 heteroatoms. The normalized spacial score (nSPS) is 15.8. The van der Waals surface area contributed by atoms with Crippen LogP contribution < -0.4 is 10.6 Å². The maximum Gasteiger partial charge on any atom is 0.416 e. The van der Waals surface area contributed by atoms with Crippen molar-refractivity contribution in [3.05, 3.63) is 62.6 Å². The van der Waals surface area contributed by atoms with E-state index in [0.717, 1.165) is 18.9 Å². The van der Waals surface area contributed by atoms with Crippen LogP contribution >= 0.6 is 23.2 Å². The molecule has 1 aliphatic rings. The topological polar surface area (TPSA) is 78.5 Å². The lowest BCUT2D eigenvalue weighted by molar-refractivity contribution is -0.138. The van der Waals surface area contributed by atoms with Gasteiger partial charge in [0, 0.05) is 34.7 Å². The van der Waals surface area contributed by atoms with Crippen LogP contribution in [0.5, 0.6) is 0 Å². The van der Waals surface area contributed by atoms with Crippen molar-refractivity contribution in [1.82, 2.24) is 15.5 Å². The van der Waals surface area contributed by atoms with E-state index in [1.807, 2.05) is 11.9 Å². The molecule has 0 unspecified atom stereocenters. The molecule has 6 nitrogen and oxygen atoms in total. The minimum Gasteiger partial charge on any atom is -0.348 e. The van der Waals surface area contributed by atoms with E-state index in [1.54, 1.807) is 0 Å². The molecule has 0 bridgehead atoms. The molecule has 1 heterocycles. The summed E-state index contributed by atoms with van der Waals surface area (Å²) in [6.45, 7) is 2.52. The van der Waals surface area contributed by atoms with Crippen molar-refractivity contribution in [3.8, 4) is 0 Å². The zero-order chi connectivity index (χ0) is 26.7. The van der Waals surface area contributed by atoms with Crippen LogP contribution in [-0.2, 0) is 29.1 Å². The molecule has 1 amide bonds. The van der Waals surface area contributed by atoms with Crippen LogP contribution in [0.2, 0.25) is 10.0 Å². The molecular weight excluding hydrogens is 538 g/mol. The van der Waals surface area contributed by atoms with Gasteiger partial charge in [-0.25, -0.2) is 8.42 Å². The highest BCUT2D eigenvalue weighted by atomic mass is 35.5. The smallest absolute Gasteiger partial charge is 0.348 e. The number of hydrogen-bond acceptors (Lipinski definition) is 5. The van der Waals surface area contributed by atoms with E-state index >= 15 is 0 Å². The number of rotatable bonds is 8. The predicted molar refractivity (Wildman–Crippen MR) is 134 cm³/mol. The first-order valence-corrected chi connectivity index (χ1v) is 13.8. The van der Waals surface area contributed by atoms with Gasteiger partial charge in [0.2, 0.25) is 0 Å². The lowest BCUT2D eigenvalue weighted by Gasteiger charge is -2.32. The lowest BCUT2D eigenvalue weighted by atomic mass is 10.00. The SMILES string of the molecule is CCS(=O)(=O)c1ccc(Cl)cc1CNC(=O)c1cc(Cl)c(CN2CCC(NC)CC2)c(C(F)(F)F)c1. The van der Waals surface area contributed by atoms with Gasteiger partial charge in [0.05, 0.1) is 16.2 Å². The van der Waals surface area contributed by atoms with Crippen molar-refractivity contribution < 1.29 is 26.4 Å². The molecule has 0 aromatic heterocycles. The molecule has 1 fully saturated rings. The number of carbonyl (C=O) groups is 1. The highest BCUT2D eigenvalue weighted by Gasteiger charge is 2.36. The first-order chi connectivity index (χ1) is 16.9. The van der Waals surface area contributed by atoms with Gasteiger partial charge in [-0.3, -0.25) is 9.69 Å². The molecule has 2 aromatic carbocycles. The van der Waals surface area contributed by atoms with Crippen LogP contribution in [0.25, 0.3) is 0 Å². The quantitative estimate of drug-likeness (QED) is 0.475. The number of nitrogens with zero attached hydrogens (tertiary/aromatic N) is 1. The summed E-state index contributed by atoms with van der Waals surface area (Å²) in [5.41, 5.74) is -1.07. The molecule has 0 atom stereocenters. The minimum atomic E-state index is -4.71. The van der Waals surface area contributed by atoms with Crippen molar-refractivity contribution in [3.63, 3.8) is 0 Å². The van der Waals surface area contributed by atoms with E-state index in [0.29, 0.717) is 19.1 Å². The Bertz CT molecular complexity index is 1220. The molecule has 2 aromatic rings. The molecule has 0 radical (unpaired) electrons. The summed E-state index contributed by atoms with van der Waals surface area (Å²) in [6.07, 6.45) is -3.09. The molecule has 0 saturated carbocycles. The van der Waals surface area contributed by atoms with Crippen LogP contribution in [0, 0.1) is 0 Å². The van der Waals surface area contributed by atoms with Crippen molar-refractivity contribution in [2.75, 3.05) is 25.9 Å². The summed E-state index contributed by atoms with van der Waals surface area (Å²) in [6, 6.07) is 6.50. The number of nitrogens with one attached hydrogen (secondary N) is 2. The molecule has 0 aliphatic carbocycles. The third kappa shape index (κ3) is 6.92. The molecule has 1 saturated heterocycles. The van der Waals surface area contributed by atoms with E-state index in [2.05, 4.69) is 10.6 Å². The molecule has 0 spiro atoms. The Balaban J connectivity index is 1.84. The number of alkyl halides is 3. The average Bonchev–Trinajstić information content (AvgIpc) is 2.83. The van der Waals surface area contributed by atoms with Crippen LogP contribution in [0.1, 0.15) is 46.8 Å². The van der Waals surface area contributed by atoms with Crippen LogP contribution in [0.3, 0.4) is 0 Å². The van der Waals surface area contributed by atoms with Gasteiger partial charge in [-0.1, -0.05) is 30.1 Å². The number of sulfone groups is 1.